The summed E-state index contributed by atoms with van der Waals surface area (Å²) in [6.07, 6.45) is 0. The van der Waals surface area contributed by atoms with E-state index >= 15 is 0 Å². The van der Waals surface area contributed by atoms with Crippen LogP contribution < -0.4 is 5.32 Å². The molecule has 3 rings (SSSR count). The van der Waals surface area contributed by atoms with Gasteiger partial charge < -0.3 is 15.5 Å². The number of aromatic nitrogens is 1. The molecule has 29 heavy (non-hydrogen) atoms. The molecule has 1 aromatic heterocycles. The molecule has 1 amide bonds. The van der Waals surface area contributed by atoms with E-state index in [1.807, 2.05) is 0 Å². The second-order valence-electron chi connectivity index (χ2n) is 6.51. The van der Waals surface area contributed by atoms with Crippen LogP contribution in [-0.2, 0) is 4.79 Å². The first-order chi connectivity index (χ1) is 13.7. The van der Waals surface area contributed by atoms with Gasteiger partial charge in [-0.15, -0.1) is 0 Å². The van der Waals surface area contributed by atoms with Crippen LogP contribution >= 0.6 is 0 Å². The van der Waals surface area contributed by atoms with Gasteiger partial charge in [-0.1, -0.05) is 0 Å². The summed E-state index contributed by atoms with van der Waals surface area (Å²) in [6, 6.07) is 4.63. The fourth-order valence-electron chi connectivity index (χ4n) is 3.38. The van der Waals surface area contributed by atoms with Crippen molar-refractivity contribution in [3.63, 3.8) is 0 Å². The highest BCUT2D eigenvalue weighted by Gasteiger charge is 2.27. The van der Waals surface area contributed by atoms with Gasteiger partial charge in [-0.3, -0.25) is 14.2 Å². The maximum absolute atomic E-state index is 14.0. The van der Waals surface area contributed by atoms with Crippen LogP contribution in [-0.4, -0.2) is 33.3 Å². The molecule has 0 aliphatic rings. The molecule has 0 saturated heterocycles. The van der Waals surface area contributed by atoms with Crippen LogP contribution in [0.3, 0.4) is 0 Å². The van der Waals surface area contributed by atoms with E-state index in [1.54, 1.807) is 0 Å². The zero-order chi connectivity index (χ0) is 21.5. The number of carbonyl (C=O) groups excluding carboxylic acids is 2. The number of phenols is 1. The first kappa shape index (κ1) is 20.4. The Bertz CT molecular complexity index is 1140. The predicted octanol–water partition coefficient (Wildman–Crippen LogP) is 2.93. The lowest BCUT2D eigenvalue weighted by molar-refractivity contribution is -0.123. The minimum absolute atomic E-state index is 0.0474. The van der Waals surface area contributed by atoms with Crippen molar-refractivity contribution < 1.29 is 33.0 Å². The number of hydrogen-bond acceptors (Lipinski definition) is 4. The van der Waals surface area contributed by atoms with Gasteiger partial charge in [-0.2, -0.15) is 0 Å². The maximum Gasteiger partial charge on any atom is 0.262 e. The average molecular weight is 406 g/mol. The number of aromatic hydroxyl groups is 1. The van der Waals surface area contributed by atoms with E-state index in [1.165, 1.54) is 13.8 Å². The molecule has 0 fully saturated rings. The Labute approximate surface area is 163 Å². The fourth-order valence-corrected chi connectivity index (χ4v) is 3.38. The third-order valence-electron chi connectivity index (χ3n) is 4.77. The molecule has 1 atom stereocenters. The van der Waals surface area contributed by atoms with Crippen molar-refractivity contribution in [3.05, 3.63) is 64.6 Å². The summed E-state index contributed by atoms with van der Waals surface area (Å²) < 4.78 is 41.9. The summed E-state index contributed by atoms with van der Waals surface area (Å²) in [5.74, 6) is -6.20. The molecular formula is C20H17F3N2O4. The Kier molecular flexibility index (Phi) is 5.34. The Balaban J connectivity index is 2.28. The Morgan fingerprint density at radius 2 is 1.79 bits per heavy atom. The number of amides is 1. The van der Waals surface area contributed by atoms with Crippen molar-refractivity contribution in [3.8, 4) is 5.75 Å². The van der Waals surface area contributed by atoms with Gasteiger partial charge in [0.2, 0.25) is 5.91 Å². The summed E-state index contributed by atoms with van der Waals surface area (Å²) >= 11 is 0. The Hall–Kier alpha value is -3.33. The van der Waals surface area contributed by atoms with Gasteiger partial charge in [-0.05, 0) is 43.7 Å². The number of rotatable bonds is 4. The van der Waals surface area contributed by atoms with Crippen molar-refractivity contribution in [1.82, 2.24) is 9.88 Å². The molecule has 3 N–H and O–H groups in total. The highest BCUT2D eigenvalue weighted by molar-refractivity contribution is 6.05. The summed E-state index contributed by atoms with van der Waals surface area (Å²) in [6.45, 7) is 2.42. The average Bonchev–Trinajstić information content (AvgIpc) is 2.94. The van der Waals surface area contributed by atoms with Gasteiger partial charge in [0, 0.05) is 22.7 Å². The minimum atomic E-state index is -1.22. The number of nitrogens with one attached hydrogen (secondary N) is 1. The number of aliphatic hydroxyl groups is 1. The molecule has 0 unspecified atom stereocenters. The van der Waals surface area contributed by atoms with Gasteiger partial charge >= 0.3 is 0 Å². The standard InChI is InChI=1S/C20H17F3N2O4/c1-9(19(28)24-8-26)18-10(2)25(16-7-15(23)17(27)6-12(16)18)20(29)11-3-4-13(21)14(22)5-11/h3-7,9,26-27H,8H2,1-2H3,(H,24,28)/t9-/m0/s1. The predicted molar refractivity (Wildman–Crippen MR) is 98.0 cm³/mol. The first-order valence-electron chi connectivity index (χ1n) is 8.59. The van der Waals surface area contributed by atoms with Gasteiger partial charge in [0.1, 0.15) is 6.73 Å². The van der Waals surface area contributed by atoms with Crippen molar-refractivity contribution in [2.45, 2.75) is 19.8 Å². The SMILES string of the molecule is Cc1c([C@H](C)C(=O)NCO)c2cc(O)c(F)cc2n1C(=O)c1ccc(F)c(F)c1. The second kappa shape index (κ2) is 7.59. The molecule has 2 aromatic carbocycles. The molecule has 1 heterocycles. The minimum Gasteiger partial charge on any atom is -0.505 e. The van der Waals surface area contributed by atoms with Crippen molar-refractivity contribution in [2.75, 3.05) is 6.73 Å². The molecule has 0 spiro atoms. The van der Waals surface area contributed by atoms with Crippen LogP contribution in [0.2, 0.25) is 0 Å². The summed E-state index contributed by atoms with van der Waals surface area (Å²) in [5.41, 5.74) is 0.431. The molecular weight excluding hydrogens is 389 g/mol. The summed E-state index contributed by atoms with van der Waals surface area (Å²) in [4.78, 5) is 25.3. The molecule has 6 nitrogen and oxygen atoms in total. The van der Waals surface area contributed by atoms with E-state index in [-0.39, 0.29) is 22.2 Å². The number of hydrogen-bond donors (Lipinski definition) is 3. The number of aliphatic hydroxyl groups excluding tert-OH is 1. The van der Waals surface area contributed by atoms with Crippen LogP contribution in [0.4, 0.5) is 13.2 Å². The smallest absolute Gasteiger partial charge is 0.262 e. The topological polar surface area (TPSA) is 91.6 Å². The van der Waals surface area contributed by atoms with Crippen LogP contribution in [0, 0.1) is 24.4 Å². The number of nitrogens with zero attached hydrogens (tertiary/aromatic N) is 1. The number of fused-ring (bicyclic) bond motifs is 1. The monoisotopic (exact) mass is 406 g/mol. The molecule has 3 aromatic rings. The summed E-state index contributed by atoms with van der Waals surface area (Å²) in [7, 11) is 0. The Morgan fingerprint density at radius 3 is 2.41 bits per heavy atom. The molecule has 0 saturated carbocycles. The van der Waals surface area contributed by atoms with Crippen molar-refractivity contribution in [1.29, 1.82) is 0 Å². The zero-order valence-corrected chi connectivity index (χ0v) is 15.5. The fraction of sp³-hybridized carbons (Fsp3) is 0.200. The van der Waals surface area contributed by atoms with Gasteiger partial charge in [-0.25, -0.2) is 13.2 Å². The number of benzene rings is 2. The number of phenolic OH excluding ortho intramolecular Hbond substituents is 1. The third-order valence-corrected chi connectivity index (χ3v) is 4.77. The third kappa shape index (κ3) is 3.44. The Morgan fingerprint density at radius 1 is 1.10 bits per heavy atom. The van der Waals surface area contributed by atoms with Crippen LogP contribution in [0.1, 0.15) is 34.5 Å². The molecule has 0 bridgehead atoms. The van der Waals surface area contributed by atoms with E-state index in [9.17, 15) is 27.9 Å². The zero-order valence-electron chi connectivity index (χ0n) is 15.5. The van der Waals surface area contributed by atoms with Crippen LogP contribution in [0.25, 0.3) is 10.9 Å². The molecule has 0 aliphatic heterocycles. The largest absolute Gasteiger partial charge is 0.505 e. The number of carbonyl (C=O) groups is 2. The van der Waals surface area contributed by atoms with Gasteiger partial charge in [0.25, 0.3) is 5.91 Å². The van der Waals surface area contributed by atoms with Gasteiger partial charge in [0.05, 0.1) is 11.4 Å². The lowest BCUT2D eigenvalue weighted by Crippen LogP contribution is -2.29. The second-order valence-corrected chi connectivity index (χ2v) is 6.51. The van der Waals surface area contributed by atoms with Crippen molar-refractivity contribution >= 4 is 22.7 Å². The lowest BCUT2D eigenvalue weighted by Gasteiger charge is -2.12. The van der Waals surface area contributed by atoms with E-state index in [0.29, 0.717) is 5.56 Å². The highest BCUT2D eigenvalue weighted by Crippen LogP contribution is 2.36. The molecule has 9 heteroatoms. The van der Waals surface area contributed by atoms with E-state index in [2.05, 4.69) is 5.32 Å². The molecule has 0 radical (unpaired) electrons. The normalized spacial score (nSPS) is 12.2. The first-order valence-corrected chi connectivity index (χ1v) is 8.59. The van der Waals surface area contributed by atoms with Gasteiger partial charge in [0.15, 0.2) is 23.2 Å². The molecule has 152 valence electrons. The quantitative estimate of drug-likeness (QED) is 0.581. The van der Waals surface area contributed by atoms with Crippen molar-refractivity contribution in [2.24, 2.45) is 0 Å². The summed E-state index contributed by atoms with van der Waals surface area (Å²) in [5, 5.41) is 21.2. The van der Waals surface area contributed by atoms with Crippen LogP contribution in [0.15, 0.2) is 30.3 Å². The lowest BCUT2D eigenvalue weighted by atomic mass is 9.97. The van der Waals surface area contributed by atoms with E-state index in [4.69, 9.17) is 5.11 Å². The van der Waals surface area contributed by atoms with Crippen LogP contribution in [0.5, 0.6) is 5.75 Å². The number of halogens is 3. The highest BCUT2D eigenvalue weighted by atomic mass is 19.2. The maximum atomic E-state index is 14.0. The van der Waals surface area contributed by atoms with E-state index < -0.39 is 47.7 Å². The van der Waals surface area contributed by atoms with E-state index in [0.717, 1.165) is 34.9 Å². The molecule has 0 aliphatic carbocycles.